The van der Waals surface area contributed by atoms with Gasteiger partial charge in [0.25, 0.3) is 11.4 Å². The Morgan fingerprint density at radius 1 is 1.50 bits per heavy atom. The first-order valence-corrected chi connectivity index (χ1v) is 5.04. The predicted molar refractivity (Wildman–Crippen MR) is 54.4 cm³/mol. The van der Waals surface area contributed by atoms with E-state index >= 15 is 0 Å². The number of aliphatic hydroxyl groups excluding tert-OH is 3. The normalized spacial score (nSPS) is 35.9. The highest BCUT2D eigenvalue weighted by Gasteiger charge is 2.55. The van der Waals surface area contributed by atoms with Crippen molar-refractivity contribution in [2.75, 3.05) is 6.61 Å². The number of nitrogens with zero attached hydrogens (tertiary/aromatic N) is 1. The van der Waals surface area contributed by atoms with Crippen LogP contribution in [-0.4, -0.2) is 49.5 Å². The molecule has 9 heteroatoms. The van der Waals surface area contributed by atoms with Crippen molar-refractivity contribution in [3.05, 3.63) is 33.1 Å². The Hall–Kier alpha value is -1.55. The van der Waals surface area contributed by atoms with Crippen LogP contribution in [0.4, 0.5) is 4.39 Å². The van der Waals surface area contributed by atoms with Crippen LogP contribution in [0.3, 0.4) is 0 Å². The summed E-state index contributed by atoms with van der Waals surface area (Å²) in [5, 5.41) is 27.8. The molecule has 4 atom stereocenters. The summed E-state index contributed by atoms with van der Waals surface area (Å²) in [6, 6.07) is 0.973. The van der Waals surface area contributed by atoms with E-state index < -0.39 is 42.1 Å². The number of rotatable bonds is 2. The molecule has 0 unspecified atom stereocenters. The molecule has 1 aliphatic heterocycles. The number of hydrogen-bond acceptors (Lipinski definition) is 6. The molecule has 0 amide bonds. The lowest BCUT2D eigenvalue weighted by molar-refractivity contribution is -0.207. The summed E-state index contributed by atoms with van der Waals surface area (Å²) in [4.78, 5) is 24.2. The third-order valence-corrected chi connectivity index (χ3v) is 2.71. The molecule has 18 heavy (non-hydrogen) atoms. The Morgan fingerprint density at radius 3 is 2.67 bits per heavy atom. The van der Waals surface area contributed by atoms with Gasteiger partial charge in [-0.15, -0.1) is 0 Å². The maximum absolute atomic E-state index is 13.8. The van der Waals surface area contributed by atoms with Gasteiger partial charge in [0, 0.05) is 12.3 Å². The lowest BCUT2D eigenvalue weighted by Crippen LogP contribution is -2.42. The molecule has 4 N–H and O–H groups in total. The standard InChI is InChI=1S/C9H11FN2O6/c10-9(3-13)6(16)5(15)7(18-9)12-2-1-4(14)11-8(12)17/h1-2,5-7,13,15-16H,3H2,(H,11,14,17)/t5-,6+,7-,9-/m1/s1. The highest BCUT2D eigenvalue weighted by atomic mass is 19.2. The number of aromatic nitrogens is 2. The van der Waals surface area contributed by atoms with Crippen molar-refractivity contribution in [2.45, 2.75) is 24.3 Å². The minimum absolute atomic E-state index is 0.669. The number of aromatic amines is 1. The second kappa shape index (κ2) is 4.28. The van der Waals surface area contributed by atoms with E-state index in [0.717, 1.165) is 12.3 Å². The second-order valence-electron chi connectivity index (χ2n) is 3.91. The van der Waals surface area contributed by atoms with E-state index in [0.29, 0.717) is 4.57 Å². The van der Waals surface area contributed by atoms with Gasteiger partial charge in [0.1, 0.15) is 18.8 Å². The van der Waals surface area contributed by atoms with E-state index in [9.17, 15) is 24.2 Å². The van der Waals surface area contributed by atoms with Gasteiger partial charge in [-0.2, -0.15) is 0 Å². The van der Waals surface area contributed by atoms with Gasteiger partial charge in [0.05, 0.1) is 0 Å². The number of aliphatic hydroxyl groups is 3. The molecule has 0 aliphatic carbocycles. The van der Waals surface area contributed by atoms with Gasteiger partial charge in [-0.3, -0.25) is 14.3 Å². The summed E-state index contributed by atoms with van der Waals surface area (Å²) in [5.74, 6) is -2.86. The fraction of sp³-hybridized carbons (Fsp3) is 0.556. The van der Waals surface area contributed by atoms with E-state index in [1.807, 2.05) is 4.98 Å². The largest absolute Gasteiger partial charge is 0.390 e. The van der Waals surface area contributed by atoms with Gasteiger partial charge in [-0.1, -0.05) is 0 Å². The number of nitrogens with one attached hydrogen (secondary N) is 1. The van der Waals surface area contributed by atoms with Gasteiger partial charge in [0.2, 0.25) is 0 Å². The molecule has 0 spiro atoms. The third kappa shape index (κ3) is 1.86. The number of H-pyrrole nitrogens is 1. The molecule has 0 saturated carbocycles. The van der Waals surface area contributed by atoms with Gasteiger partial charge in [0.15, 0.2) is 6.23 Å². The molecule has 1 fully saturated rings. The average molecular weight is 262 g/mol. The van der Waals surface area contributed by atoms with Crippen LogP contribution in [0, 0.1) is 0 Å². The molecule has 0 aromatic carbocycles. The maximum atomic E-state index is 13.8. The minimum atomic E-state index is -2.86. The zero-order valence-corrected chi connectivity index (χ0v) is 8.99. The number of alkyl halides is 1. The molecular weight excluding hydrogens is 251 g/mol. The quantitative estimate of drug-likeness (QED) is 0.465. The van der Waals surface area contributed by atoms with Crippen LogP contribution >= 0.6 is 0 Å². The molecule has 1 aromatic heterocycles. The van der Waals surface area contributed by atoms with Crippen LogP contribution in [0.25, 0.3) is 0 Å². The average Bonchev–Trinajstić information content (AvgIpc) is 2.55. The summed E-state index contributed by atoms with van der Waals surface area (Å²) in [6.07, 6.45) is -4.32. The predicted octanol–water partition coefficient (Wildman–Crippen LogP) is -2.55. The molecule has 0 bridgehead atoms. The van der Waals surface area contributed by atoms with Gasteiger partial charge >= 0.3 is 5.69 Å². The molecular formula is C9H11FN2O6. The van der Waals surface area contributed by atoms with Crippen molar-refractivity contribution < 1.29 is 24.4 Å². The highest BCUT2D eigenvalue weighted by molar-refractivity contribution is 4.96. The molecule has 100 valence electrons. The van der Waals surface area contributed by atoms with Crippen LogP contribution in [0.15, 0.2) is 21.9 Å². The lowest BCUT2D eigenvalue weighted by atomic mass is 10.1. The SMILES string of the molecule is O=c1ccn([C@@H]2O[C@](F)(CO)[C@@H](O)[C@H]2O)c(=O)[nH]1. The maximum Gasteiger partial charge on any atom is 0.330 e. The first-order valence-electron chi connectivity index (χ1n) is 5.04. The number of ether oxygens (including phenoxy) is 1. The molecule has 8 nitrogen and oxygen atoms in total. The van der Waals surface area contributed by atoms with Crippen LogP contribution in [0.1, 0.15) is 6.23 Å². The fourth-order valence-electron chi connectivity index (χ4n) is 1.73. The van der Waals surface area contributed by atoms with Crippen molar-refractivity contribution >= 4 is 0 Å². The van der Waals surface area contributed by atoms with Gasteiger partial charge in [-0.25, -0.2) is 9.18 Å². The van der Waals surface area contributed by atoms with Crippen LogP contribution in [-0.2, 0) is 4.74 Å². The van der Waals surface area contributed by atoms with Crippen LogP contribution in [0.5, 0.6) is 0 Å². The first-order chi connectivity index (χ1) is 8.39. The monoisotopic (exact) mass is 262 g/mol. The Bertz CT molecular complexity index is 556. The van der Waals surface area contributed by atoms with Crippen molar-refractivity contribution in [3.8, 4) is 0 Å². The van der Waals surface area contributed by atoms with E-state index in [1.54, 1.807) is 0 Å². The summed E-state index contributed by atoms with van der Waals surface area (Å²) >= 11 is 0. The van der Waals surface area contributed by atoms with Crippen molar-refractivity contribution in [1.82, 2.24) is 9.55 Å². The molecule has 1 aromatic rings. The molecule has 2 heterocycles. The van der Waals surface area contributed by atoms with Crippen molar-refractivity contribution in [1.29, 1.82) is 0 Å². The summed E-state index contributed by atoms with van der Waals surface area (Å²) < 4.78 is 19.1. The van der Waals surface area contributed by atoms with Gasteiger partial charge < -0.3 is 20.1 Å². The van der Waals surface area contributed by atoms with Crippen molar-refractivity contribution in [3.63, 3.8) is 0 Å². The molecule has 1 saturated heterocycles. The summed E-state index contributed by atoms with van der Waals surface area (Å²) in [5.41, 5.74) is -1.60. The van der Waals surface area contributed by atoms with Crippen LogP contribution < -0.4 is 11.2 Å². The first kappa shape index (κ1) is 12.9. The Labute approximate surface area is 98.9 Å². The van der Waals surface area contributed by atoms with Crippen LogP contribution in [0.2, 0.25) is 0 Å². The van der Waals surface area contributed by atoms with E-state index in [4.69, 9.17) is 5.11 Å². The number of halogens is 1. The van der Waals surface area contributed by atoms with Crippen molar-refractivity contribution in [2.24, 2.45) is 0 Å². The number of hydrogen-bond donors (Lipinski definition) is 4. The van der Waals surface area contributed by atoms with E-state index in [1.165, 1.54) is 0 Å². The minimum Gasteiger partial charge on any atom is -0.390 e. The topological polar surface area (TPSA) is 125 Å². The fourth-order valence-corrected chi connectivity index (χ4v) is 1.73. The second-order valence-corrected chi connectivity index (χ2v) is 3.91. The molecule has 2 rings (SSSR count). The van der Waals surface area contributed by atoms with Gasteiger partial charge in [-0.05, 0) is 0 Å². The summed E-state index contributed by atoms with van der Waals surface area (Å²) in [6.45, 7) is -1.18. The van der Waals surface area contributed by atoms with E-state index in [2.05, 4.69) is 4.74 Å². The molecule has 1 aliphatic rings. The Kier molecular flexibility index (Phi) is 3.07. The Morgan fingerprint density at radius 2 is 2.17 bits per heavy atom. The lowest BCUT2D eigenvalue weighted by Gasteiger charge is -2.19. The third-order valence-electron chi connectivity index (χ3n) is 2.71. The molecule has 0 radical (unpaired) electrons. The Balaban J connectivity index is 2.41. The highest BCUT2D eigenvalue weighted by Crippen LogP contribution is 2.37. The zero-order chi connectivity index (χ0) is 13.5. The summed E-state index contributed by atoms with van der Waals surface area (Å²) in [7, 11) is 0. The zero-order valence-electron chi connectivity index (χ0n) is 8.99. The van der Waals surface area contributed by atoms with E-state index in [-0.39, 0.29) is 0 Å². The smallest absolute Gasteiger partial charge is 0.330 e.